The van der Waals surface area contributed by atoms with Gasteiger partial charge in [-0.3, -0.25) is 9.78 Å². The summed E-state index contributed by atoms with van der Waals surface area (Å²) in [6, 6.07) is 3.97. The molecule has 0 bridgehead atoms. The summed E-state index contributed by atoms with van der Waals surface area (Å²) in [6.07, 6.45) is 2.39. The minimum atomic E-state index is -1.42. The van der Waals surface area contributed by atoms with Crippen molar-refractivity contribution < 1.29 is 38.1 Å². The summed E-state index contributed by atoms with van der Waals surface area (Å²) in [5.74, 6) is -4.45. The van der Waals surface area contributed by atoms with Crippen molar-refractivity contribution in [3.8, 4) is 11.5 Å². The van der Waals surface area contributed by atoms with Crippen molar-refractivity contribution in [3.63, 3.8) is 0 Å². The van der Waals surface area contributed by atoms with Gasteiger partial charge in [0.25, 0.3) is 5.56 Å². The summed E-state index contributed by atoms with van der Waals surface area (Å²) in [5.41, 5.74) is -1.36. The lowest BCUT2D eigenvalue weighted by Gasteiger charge is -2.11. The lowest BCUT2D eigenvalue weighted by molar-refractivity contribution is 0.0680. The Labute approximate surface area is 249 Å². The van der Waals surface area contributed by atoms with E-state index in [1.54, 1.807) is 0 Å². The topological polar surface area (TPSA) is 189 Å². The molecule has 0 spiro atoms. The van der Waals surface area contributed by atoms with Gasteiger partial charge in [0.05, 0.1) is 54.1 Å². The van der Waals surface area contributed by atoms with Crippen LogP contribution in [0.1, 0.15) is 20.7 Å². The first-order valence-corrected chi connectivity index (χ1v) is 12.2. The molecule has 18 heteroatoms. The Bertz CT molecular complexity index is 1730. The predicted molar refractivity (Wildman–Crippen MR) is 148 cm³/mol. The van der Waals surface area contributed by atoms with Crippen LogP contribution < -0.4 is 25.7 Å². The molecule has 0 aliphatic rings. The van der Waals surface area contributed by atoms with E-state index in [0.717, 1.165) is 30.5 Å². The zero-order chi connectivity index (χ0) is 31.1. The lowest BCUT2D eigenvalue weighted by Crippen LogP contribution is -2.11. The first kappa shape index (κ1) is 31.8. The molecule has 13 nitrogen and oxygen atoms in total. The van der Waals surface area contributed by atoms with Crippen molar-refractivity contribution in [2.75, 3.05) is 24.9 Å². The predicted octanol–water partition coefficient (Wildman–Crippen LogP) is 5.39. The van der Waals surface area contributed by atoms with Gasteiger partial charge in [0, 0.05) is 12.1 Å². The minimum Gasteiger partial charge on any atom is -0.495 e. The summed E-state index contributed by atoms with van der Waals surface area (Å²) in [6.45, 7) is 0. The van der Waals surface area contributed by atoms with Gasteiger partial charge in [0.1, 0.15) is 28.2 Å². The summed E-state index contributed by atoms with van der Waals surface area (Å²) < 4.78 is 37.4. The summed E-state index contributed by atoms with van der Waals surface area (Å²) in [5, 5.41) is 23.1. The quantitative estimate of drug-likeness (QED) is 0.154. The van der Waals surface area contributed by atoms with Crippen molar-refractivity contribution >= 4 is 70.0 Å². The van der Waals surface area contributed by atoms with E-state index < -0.39 is 40.3 Å². The number of rotatable bonds is 8. The number of hydrogen-bond donors (Lipinski definition) is 5. The van der Waals surface area contributed by atoms with E-state index in [-0.39, 0.29) is 50.0 Å². The summed E-state index contributed by atoms with van der Waals surface area (Å²) in [4.78, 5) is 46.9. The molecule has 0 atom stereocenters. The highest BCUT2D eigenvalue weighted by molar-refractivity contribution is 6.41. The summed E-state index contributed by atoms with van der Waals surface area (Å²) in [7, 11) is 2.61. The zero-order valence-corrected chi connectivity index (χ0v) is 23.4. The maximum atomic E-state index is 13.7. The molecular weight excluding hydrogens is 629 g/mol. The zero-order valence-electron chi connectivity index (χ0n) is 21.1. The number of nitrogens with zero attached hydrogens (tertiary/aromatic N) is 3. The number of carboxylic acids is 2. The Kier molecular flexibility index (Phi) is 10.4. The second kappa shape index (κ2) is 13.8. The highest BCUT2D eigenvalue weighted by Crippen LogP contribution is 2.31. The number of hydrogen-bond acceptors (Lipinski definition) is 10. The second-order valence-electron chi connectivity index (χ2n) is 7.67. The van der Waals surface area contributed by atoms with Crippen molar-refractivity contribution in [2.45, 2.75) is 0 Å². The second-order valence-corrected chi connectivity index (χ2v) is 8.84. The average Bonchev–Trinajstić information content (AvgIpc) is 2.93. The lowest BCUT2D eigenvalue weighted by atomic mass is 10.1. The van der Waals surface area contributed by atoms with E-state index >= 15 is 0 Å². The number of anilines is 4. The van der Waals surface area contributed by atoms with Crippen LogP contribution in [0.4, 0.5) is 32.1 Å². The first-order valence-electron chi connectivity index (χ1n) is 11.0. The molecule has 2 heterocycles. The highest BCUT2D eigenvalue weighted by atomic mass is 35.5. The van der Waals surface area contributed by atoms with Gasteiger partial charge in [-0.1, -0.05) is 34.8 Å². The first-order chi connectivity index (χ1) is 19.8. The monoisotopic (exact) mass is 644 g/mol. The maximum absolute atomic E-state index is 13.7. The number of aromatic carboxylic acids is 2. The number of methoxy groups -OCH3 is 2. The molecule has 0 saturated carbocycles. The van der Waals surface area contributed by atoms with Crippen LogP contribution in [-0.2, 0) is 0 Å². The Morgan fingerprint density at radius 1 is 0.833 bits per heavy atom. The number of aromatic amines is 1. The number of halogens is 5. The van der Waals surface area contributed by atoms with Gasteiger partial charge >= 0.3 is 11.9 Å². The van der Waals surface area contributed by atoms with Gasteiger partial charge in [0.2, 0.25) is 11.9 Å². The van der Waals surface area contributed by atoms with Crippen LogP contribution in [0.15, 0.2) is 41.5 Å². The van der Waals surface area contributed by atoms with E-state index in [9.17, 15) is 23.2 Å². The van der Waals surface area contributed by atoms with E-state index in [0.29, 0.717) is 0 Å². The number of H-pyrrole nitrogens is 1. The van der Waals surface area contributed by atoms with Gasteiger partial charge in [-0.15, -0.1) is 0 Å². The van der Waals surface area contributed by atoms with Gasteiger partial charge < -0.3 is 30.3 Å². The van der Waals surface area contributed by atoms with Gasteiger partial charge in [-0.2, -0.15) is 4.98 Å². The number of carboxylic acid groups (broad SMARTS) is 2. The molecule has 0 unspecified atom stereocenters. The van der Waals surface area contributed by atoms with Crippen LogP contribution in [0, 0.1) is 11.6 Å². The third kappa shape index (κ3) is 7.72. The normalized spacial score (nSPS) is 10.3. The molecule has 0 saturated heterocycles. The molecule has 0 amide bonds. The molecule has 0 radical (unpaired) electrons. The van der Waals surface area contributed by atoms with Gasteiger partial charge in [-0.25, -0.2) is 28.3 Å². The molecule has 0 fully saturated rings. The van der Waals surface area contributed by atoms with Crippen molar-refractivity contribution in [1.29, 1.82) is 0 Å². The number of aromatic nitrogens is 4. The molecule has 220 valence electrons. The largest absolute Gasteiger partial charge is 0.495 e. The molecule has 4 rings (SSSR count). The third-order valence-corrected chi connectivity index (χ3v) is 5.93. The van der Waals surface area contributed by atoms with Crippen LogP contribution >= 0.6 is 34.8 Å². The average molecular weight is 646 g/mol. The van der Waals surface area contributed by atoms with E-state index in [2.05, 4.69) is 30.6 Å². The third-order valence-electron chi connectivity index (χ3n) is 5.00. The SMILES string of the molecule is COc1cc(C(=O)O)c(F)cc1Nc1ncc(Cl)c(=O)[nH]1.COc1cc(C(=O)O)c(F)cc1Nc1ncc(Cl)c(Cl)n1. The smallest absolute Gasteiger partial charge is 0.338 e. The van der Waals surface area contributed by atoms with Crippen LogP contribution in [0.25, 0.3) is 0 Å². The molecule has 4 aromatic rings. The molecule has 42 heavy (non-hydrogen) atoms. The standard InChI is InChI=1S/C12H8Cl2FN3O3.C12H9ClFN3O4/c1-21-9-2-5(11(19)20)7(15)3-8(9)17-12-16-4-6(13)10(14)18-12;1-21-9-2-5(11(19)20)7(14)3-8(9)16-12-15-4-6(13)10(18)17-12/h2-4H,1H3,(H,19,20)(H,16,17,18);2-4H,1H3,(H,19,20)(H2,15,16,17,18). The number of carbonyl (C=O) groups is 2. The Morgan fingerprint density at radius 2 is 1.33 bits per heavy atom. The fourth-order valence-corrected chi connectivity index (χ4v) is 3.38. The van der Waals surface area contributed by atoms with Gasteiger partial charge in [-0.05, 0) is 12.1 Å². The van der Waals surface area contributed by atoms with Crippen LogP contribution in [0.5, 0.6) is 11.5 Å². The molecule has 0 aliphatic heterocycles. The van der Waals surface area contributed by atoms with Crippen molar-refractivity contribution in [3.05, 3.63) is 85.0 Å². The van der Waals surface area contributed by atoms with Crippen LogP contribution in [0.2, 0.25) is 15.2 Å². The van der Waals surface area contributed by atoms with E-state index in [4.69, 9.17) is 54.5 Å². The molecule has 0 aliphatic carbocycles. The highest BCUT2D eigenvalue weighted by Gasteiger charge is 2.18. The molecule has 2 aromatic heterocycles. The molecular formula is C24H17Cl3F2N6O7. The maximum Gasteiger partial charge on any atom is 0.338 e. The Morgan fingerprint density at radius 3 is 1.79 bits per heavy atom. The number of ether oxygens (including phenoxy) is 2. The number of benzene rings is 2. The Balaban J connectivity index is 0.000000230. The molecule has 5 N–H and O–H groups in total. The summed E-state index contributed by atoms with van der Waals surface area (Å²) >= 11 is 17.0. The van der Waals surface area contributed by atoms with E-state index in [1.807, 2.05) is 0 Å². The van der Waals surface area contributed by atoms with Crippen molar-refractivity contribution in [2.24, 2.45) is 0 Å². The van der Waals surface area contributed by atoms with Gasteiger partial charge in [0.15, 0.2) is 5.15 Å². The van der Waals surface area contributed by atoms with E-state index in [1.165, 1.54) is 20.4 Å². The van der Waals surface area contributed by atoms with Crippen LogP contribution in [-0.4, -0.2) is 56.3 Å². The van der Waals surface area contributed by atoms with Crippen molar-refractivity contribution in [1.82, 2.24) is 19.9 Å². The van der Waals surface area contributed by atoms with Crippen LogP contribution in [0.3, 0.4) is 0 Å². The fourth-order valence-electron chi connectivity index (χ4n) is 3.07. The molecule has 2 aromatic carbocycles. The minimum absolute atomic E-state index is 0.00479. The Hall–Kier alpha value is -4.73. The number of nitrogens with one attached hydrogen (secondary N) is 3. The fraction of sp³-hybridized carbons (Fsp3) is 0.0833.